The van der Waals surface area contributed by atoms with Gasteiger partial charge in [0.15, 0.2) is 22.3 Å². The van der Waals surface area contributed by atoms with Crippen molar-refractivity contribution < 1.29 is 14.3 Å². The average molecular weight is 408 g/mol. The molecule has 0 unspecified atom stereocenters. The van der Waals surface area contributed by atoms with E-state index in [1.54, 1.807) is 32.4 Å². The van der Waals surface area contributed by atoms with E-state index in [1.165, 1.54) is 11.8 Å². The molecule has 29 heavy (non-hydrogen) atoms. The van der Waals surface area contributed by atoms with Gasteiger partial charge in [0, 0.05) is 17.1 Å². The number of hydrogen-bond acceptors (Lipinski definition) is 6. The van der Waals surface area contributed by atoms with Crippen molar-refractivity contribution >= 4 is 39.9 Å². The lowest BCUT2D eigenvalue weighted by Gasteiger charge is -2.10. The van der Waals surface area contributed by atoms with Crippen LogP contribution in [0.15, 0.2) is 53.7 Å². The summed E-state index contributed by atoms with van der Waals surface area (Å²) in [5.74, 6) is 1.23. The molecule has 0 fully saturated rings. The molecule has 0 saturated carbocycles. The van der Waals surface area contributed by atoms with E-state index in [-0.39, 0.29) is 11.7 Å². The fourth-order valence-electron chi connectivity index (χ4n) is 3.21. The number of nitrogens with zero attached hydrogens (tertiary/aromatic N) is 3. The van der Waals surface area contributed by atoms with Crippen molar-refractivity contribution in [2.45, 2.75) is 12.1 Å². The van der Waals surface area contributed by atoms with Crippen LogP contribution < -0.4 is 14.8 Å². The molecular formula is C21H20N4O3S. The van der Waals surface area contributed by atoms with E-state index in [4.69, 9.17) is 9.47 Å². The number of methoxy groups -OCH3 is 2. The molecule has 0 aliphatic rings. The molecule has 8 heteroatoms. The number of fused-ring (bicyclic) bond motifs is 3. The number of anilines is 1. The Bertz CT molecular complexity index is 1210. The van der Waals surface area contributed by atoms with Crippen LogP contribution in [0.4, 0.5) is 5.69 Å². The third-order valence-electron chi connectivity index (χ3n) is 4.57. The predicted molar refractivity (Wildman–Crippen MR) is 114 cm³/mol. The number of hydrogen-bond donors (Lipinski definition) is 1. The van der Waals surface area contributed by atoms with Crippen LogP contribution in [-0.2, 0) is 4.79 Å². The van der Waals surface area contributed by atoms with Crippen LogP contribution in [0.3, 0.4) is 0 Å². The van der Waals surface area contributed by atoms with Gasteiger partial charge in [-0.1, -0.05) is 30.0 Å². The van der Waals surface area contributed by atoms with Crippen molar-refractivity contribution in [2.24, 2.45) is 0 Å². The molecule has 2 heterocycles. The Kier molecular flexibility index (Phi) is 5.26. The fraction of sp³-hybridized carbons (Fsp3) is 0.190. The van der Waals surface area contributed by atoms with Crippen LogP contribution in [0.25, 0.3) is 16.6 Å². The van der Waals surface area contributed by atoms with E-state index in [2.05, 4.69) is 28.5 Å². The summed E-state index contributed by atoms with van der Waals surface area (Å²) in [7, 11) is 3.13. The molecule has 1 amide bonds. The Hall–Kier alpha value is -3.26. The number of carbonyl (C=O) groups is 1. The maximum atomic E-state index is 12.5. The molecule has 2 aromatic heterocycles. The van der Waals surface area contributed by atoms with Gasteiger partial charge in [-0.25, -0.2) is 0 Å². The number of para-hydroxylation sites is 1. The van der Waals surface area contributed by atoms with Gasteiger partial charge in [-0.15, -0.1) is 10.2 Å². The first-order valence-electron chi connectivity index (χ1n) is 8.99. The highest BCUT2D eigenvalue weighted by Gasteiger charge is 2.14. The second-order valence-electron chi connectivity index (χ2n) is 6.43. The monoisotopic (exact) mass is 408 g/mol. The summed E-state index contributed by atoms with van der Waals surface area (Å²) >= 11 is 1.34. The lowest BCUT2D eigenvalue weighted by atomic mass is 10.1. The quantitative estimate of drug-likeness (QED) is 0.487. The predicted octanol–water partition coefficient (Wildman–Crippen LogP) is 3.94. The summed E-state index contributed by atoms with van der Waals surface area (Å²) in [6.07, 6.45) is 0. The second-order valence-corrected chi connectivity index (χ2v) is 7.37. The fourth-order valence-corrected chi connectivity index (χ4v) is 3.96. The molecule has 4 aromatic rings. The van der Waals surface area contributed by atoms with Crippen molar-refractivity contribution in [3.63, 3.8) is 0 Å². The number of thioether (sulfide) groups is 1. The maximum absolute atomic E-state index is 12.5. The number of aryl methyl sites for hydroxylation is 1. The molecular weight excluding hydrogens is 388 g/mol. The Morgan fingerprint density at radius 3 is 2.66 bits per heavy atom. The van der Waals surface area contributed by atoms with Crippen molar-refractivity contribution in [1.82, 2.24) is 14.6 Å². The number of pyridine rings is 1. The Labute approximate surface area is 172 Å². The molecule has 0 aliphatic carbocycles. The first kappa shape index (κ1) is 19.1. The smallest absolute Gasteiger partial charge is 0.234 e. The summed E-state index contributed by atoms with van der Waals surface area (Å²) < 4.78 is 12.5. The van der Waals surface area contributed by atoms with Gasteiger partial charge in [-0.3, -0.25) is 9.20 Å². The lowest BCUT2D eigenvalue weighted by Crippen LogP contribution is -2.14. The van der Waals surface area contributed by atoms with Gasteiger partial charge in [-0.05, 0) is 36.8 Å². The van der Waals surface area contributed by atoms with Crippen molar-refractivity contribution in [3.05, 3.63) is 54.1 Å². The van der Waals surface area contributed by atoms with E-state index in [9.17, 15) is 4.79 Å². The molecule has 0 spiro atoms. The molecule has 0 atom stereocenters. The van der Waals surface area contributed by atoms with E-state index in [0.717, 1.165) is 22.1 Å². The zero-order valence-corrected chi connectivity index (χ0v) is 17.1. The normalized spacial score (nSPS) is 11.0. The minimum absolute atomic E-state index is 0.143. The number of ether oxygens (including phenoxy) is 2. The van der Waals surface area contributed by atoms with Crippen LogP contribution in [-0.4, -0.2) is 40.5 Å². The topological polar surface area (TPSA) is 77.8 Å². The lowest BCUT2D eigenvalue weighted by molar-refractivity contribution is -0.113. The molecule has 0 bridgehead atoms. The Morgan fingerprint density at radius 1 is 1.07 bits per heavy atom. The first-order valence-corrected chi connectivity index (χ1v) is 9.97. The van der Waals surface area contributed by atoms with Gasteiger partial charge in [0.25, 0.3) is 0 Å². The van der Waals surface area contributed by atoms with E-state index < -0.39 is 0 Å². The van der Waals surface area contributed by atoms with Gasteiger partial charge in [0.05, 0.1) is 25.5 Å². The number of carbonyl (C=O) groups excluding carboxylic acids is 1. The van der Waals surface area contributed by atoms with Crippen molar-refractivity contribution in [2.75, 3.05) is 25.3 Å². The number of rotatable bonds is 6. The zero-order chi connectivity index (χ0) is 20.4. The first-order chi connectivity index (χ1) is 14.1. The Balaban J connectivity index is 1.53. The number of amides is 1. The van der Waals surface area contributed by atoms with E-state index >= 15 is 0 Å². The van der Waals surface area contributed by atoms with Gasteiger partial charge in [-0.2, -0.15) is 0 Å². The SMILES string of the molecule is COc1ccc(NC(=O)CSc2nnc3cc(C)c4ccccc4n23)cc1OC. The van der Waals surface area contributed by atoms with Gasteiger partial charge >= 0.3 is 0 Å². The van der Waals surface area contributed by atoms with Gasteiger partial charge in [0.1, 0.15) is 0 Å². The summed E-state index contributed by atoms with van der Waals surface area (Å²) in [4.78, 5) is 12.5. The van der Waals surface area contributed by atoms with Crippen LogP contribution in [0.5, 0.6) is 11.5 Å². The standard InChI is InChI=1S/C21H20N4O3S/c1-13-10-19-23-24-21(25(19)16-7-5-4-6-15(13)16)29-12-20(26)22-14-8-9-17(27-2)18(11-14)28-3/h4-11H,12H2,1-3H3,(H,22,26). The zero-order valence-electron chi connectivity index (χ0n) is 16.3. The van der Waals surface area contributed by atoms with Crippen LogP contribution in [0, 0.1) is 6.92 Å². The molecule has 0 saturated heterocycles. The second kappa shape index (κ2) is 8.00. The van der Waals surface area contributed by atoms with Gasteiger partial charge in [0.2, 0.25) is 5.91 Å². The highest BCUT2D eigenvalue weighted by Crippen LogP contribution is 2.30. The summed E-state index contributed by atoms with van der Waals surface area (Å²) in [5, 5.41) is 13.2. The van der Waals surface area contributed by atoms with E-state index in [0.29, 0.717) is 22.3 Å². The van der Waals surface area contributed by atoms with Gasteiger partial charge < -0.3 is 14.8 Å². The highest BCUT2D eigenvalue weighted by molar-refractivity contribution is 7.99. The largest absolute Gasteiger partial charge is 0.493 e. The van der Waals surface area contributed by atoms with Crippen molar-refractivity contribution in [3.8, 4) is 11.5 Å². The highest BCUT2D eigenvalue weighted by atomic mass is 32.2. The molecule has 0 radical (unpaired) electrons. The summed E-state index contributed by atoms with van der Waals surface area (Å²) in [6.45, 7) is 2.06. The molecule has 1 N–H and O–H groups in total. The molecule has 7 nitrogen and oxygen atoms in total. The molecule has 0 aliphatic heterocycles. The summed E-state index contributed by atoms with van der Waals surface area (Å²) in [5.41, 5.74) is 3.57. The number of nitrogens with one attached hydrogen (secondary N) is 1. The Morgan fingerprint density at radius 2 is 1.86 bits per heavy atom. The molecule has 4 rings (SSSR count). The van der Waals surface area contributed by atoms with E-state index in [1.807, 2.05) is 28.7 Å². The molecule has 148 valence electrons. The van der Waals surface area contributed by atoms with Crippen LogP contribution in [0.1, 0.15) is 5.56 Å². The summed E-state index contributed by atoms with van der Waals surface area (Å²) in [6, 6.07) is 15.4. The average Bonchev–Trinajstić information content (AvgIpc) is 3.15. The number of aromatic nitrogens is 3. The molecule has 2 aromatic carbocycles. The van der Waals surface area contributed by atoms with Crippen LogP contribution >= 0.6 is 11.8 Å². The minimum atomic E-state index is -0.143. The van der Waals surface area contributed by atoms with Crippen molar-refractivity contribution in [1.29, 1.82) is 0 Å². The third kappa shape index (κ3) is 3.71. The number of benzene rings is 2. The van der Waals surface area contributed by atoms with Crippen LogP contribution in [0.2, 0.25) is 0 Å². The maximum Gasteiger partial charge on any atom is 0.234 e. The minimum Gasteiger partial charge on any atom is -0.493 e. The third-order valence-corrected chi connectivity index (χ3v) is 5.50.